The molecule has 0 spiro atoms. The molecule has 1 aromatic rings. The summed E-state index contributed by atoms with van der Waals surface area (Å²) in [6.45, 7) is 3.40. The lowest BCUT2D eigenvalue weighted by atomic mass is 10.4. The molecule has 0 aliphatic heterocycles. The maximum absolute atomic E-state index is 11.9. The molecule has 0 amide bonds. The molecule has 1 rings (SSSR count). The van der Waals surface area contributed by atoms with Crippen molar-refractivity contribution in [3.05, 3.63) is 17.8 Å². The van der Waals surface area contributed by atoms with Gasteiger partial charge in [-0.15, -0.1) is 16.7 Å². The molecule has 0 saturated heterocycles. The Bertz CT molecular complexity index is 433. The number of sulfone groups is 1. The third-order valence-electron chi connectivity index (χ3n) is 2.11. The summed E-state index contributed by atoms with van der Waals surface area (Å²) in [7, 11) is -3.38. The first-order chi connectivity index (χ1) is 6.98. The lowest BCUT2D eigenvalue weighted by molar-refractivity contribution is 0.575. The molecule has 0 fully saturated rings. The van der Waals surface area contributed by atoms with Crippen molar-refractivity contribution in [3.63, 3.8) is 0 Å². The fraction of sp³-hybridized carbons (Fsp3) is 0.556. The van der Waals surface area contributed by atoms with Gasteiger partial charge in [-0.1, -0.05) is 0 Å². The Morgan fingerprint density at radius 3 is 2.73 bits per heavy atom. The van der Waals surface area contributed by atoms with Gasteiger partial charge in [0.1, 0.15) is 0 Å². The molecule has 1 unspecified atom stereocenters. The van der Waals surface area contributed by atoms with Crippen molar-refractivity contribution in [2.75, 3.05) is 5.88 Å². The minimum Gasteiger partial charge on any atom is -0.222 e. The van der Waals surface area contributed by atoms with E-state index in [1.807, 2.05) is 0 Å². The van der Waals surface area contributed by atoms with Crippen molar-refractivity contribution in [2.24, 2.45) is 0 Å². The second-order valence-electron chi connectivity index (χ2n) is 3.40. The highest BCUT2D eigenvalue weighted by Crippen LogP contribution is 2.16. The molecule has 0 aliphatic carbocycles. The van der Waals surface area contributed by atoms with E-state index in [2.05, 4.69) is 10.2 Å². The van der Waals surface area contributed by atoms with Crippen LogP contribution in [-0.2, 0) is 9.84 Å². The van der Waals surface area contributed by atoms with Crippen LogP contribution in [-0.4, -0.2) is 29.7 Å². The Morgan fingerprint density at radius 1 is 1.53 bits per heavy atom. The van der Waals surface area contributed by atoms with Crippen LogP contribution in [0.15, 0.2) is 17.3 Å². The lowest BCUT2D eigenvalue weighted by Gasteiger charge is -2.09. The first-order valence-electron chi connectivity index (χ1n) is 4.57. The van der Waals surface area contributed by atoms with Crippen LogP contribution in [0.1, 0.15) is 18.9 Å². The van der Waals surface area contributed by atoms with Crippen molar-refractivity contribution in [1.29, 1.82) is 0 Å². The molecule has 6 heteroatoms. The molecule has 1 heterocycles. The Hall–Kier alpha value is -0.680. The minimum absolute atomic E-state index is 0.0279. The minimum atomic E-state index is -3.38. The molecule has 1 aromatic heterocycles. The van der Waals surface area contributed by atoms with Crippen LogP contribution >= 0.6 is 11.6 Å². The standard InChI is InChI=1S/C9H13ClN2O2S/c1-7-5-9(12-11-6-7)15(13,14)8(2)3-4-10/h5-6,8H,3-4H2,1-2H3. The molecule has 1 atom stereocenters. The van der Waals surface area contributed by atoms with Gasteiger partial charge in [-0.2, -0.15) is 5.10 Å². The van der Waals surface area contributed by atoms with Crippen LogP contribution in [0.5, 0.6) is 0 Å². The maximum Gasteiger partial charge on any atom is 0.200 e. The molecular weight excluding hydrogens is 236 g/mol. The molecule has 4 nitrogen and oxygen atoms in total. The first kappa shape index (κ1) is 12.4. The number of rotatable bonds is 4. The Balaban J connectivity index is 3.06. The zero-order chi connectivity index (χ0) is 11.5. The highest BCUT2D eigenvalue weighted by atomic mass is 35.5. The summed E-state index contributed by atoms with van der Waals surface area (Å²) in [5.41, 5.74) is 0.779. The lowest BCUT2D eigenvalue weighted by Crippen LogP contribution is -2.20. The van der Waals surface area contributed by atoms with Crippen LogP contribution in [0.4, 0.5) is 0 Å². The number of hydrogen-bond donors (Lipinski definition) is 0. The zero-order valence-electron chi connectivity index (χ0n) is 8.64. The third-order valence-corrected chi connectivity index (χ3v) is 4.40. The fourth-order valence-electron chi connectivity index (χ4n) is 1.09. The van der Waals surface area contributed by atoms with Crippen LogP contribution in [0.2, 0.25) is 0 Å². The van der Waals surface area contributed by atoms with Gasteiger partial charge in [-0.05, 0) is 31.9 Å². The monoisotopic (exact) mass is 248 g/mol. The Labute approximate surface area is 94.6 Å². The SMILES string of the molecule is Cc1cnnc(S(=O)(=O)C(C)CCCl)c1. The second-order valence-corrected chi connectivity index (χ2v) is 6.10. The average Bonchev–Trinajstić information content (AvgIpc) is 2.18. The summed E-state index contributed by atoms with van der Waals surface area (Å²) in [5, 5.41) is 6.77. The molecule has 0 radical (unpaired) electrons. The summed E-state index contributed by atoms with van der Waals surface area (Å²) < 4.78 is 23.8. The smallest absolute Gasteiger partial charge is 0.200 e. The highest BCUT2D eigenvalue weighted by molar-refractivity contribution is 7.92. The van der Waals surface area contributed by atoms with E-state index in [9.17, 15) is 8.42 Å². The van der Waals surface area contributed by atoms with Gasteiger partial charge >= 0.3 is 0 Å². The molecule has 0 aromatic carbocycles. The zero-order valence-corrected chi connectivity index (χ0v) is 10.2. The number of hydrogen-bond acceptors (Lipinski definition) is 4. The number of alkyl halides is 1. The summed E-state index contributed by atoms with van der Waals surface area (Å²) >= 11 is 5.52. The number of halogens is 1. The van der Waals surface area contributed by atoms with Crippen LogP contribution in [0.25, 0.3) is 0 Å². The molecule has 84 valence electrons. The highest BCUT2D eigenvalue weighted by Gasteiger charge is 2.24. The fourth-order valence-corrected chi connectivity index (χ4v) is 2.90. The molecular formula is C9H13ClN2O2S. The van der Waals surface area contributed by atoms with Crippen molar-refractivity contribution in [1.82, 2.24) is 10.2 Å². The summed E-state index contributed by atoms with van der Waals surface area (Å²) in [4.78, 5) is 0. The summed E-state index contributed by atoms with van der Waals surface area (Å²) in [5.74, 6) is 0.319. The Morgan fingerprint density at radius 2 is 2.20 bits per heavy atom. The largest absolute Gasteiger partial charge is 0.222 e. The van der Waals surface area contributed by atoms with Gasteiger partial charge < -0.3 is 0 Å². The van der Waals surface area contributed by atoms with Gasteiger partial charge in [0.25, 0.3) is 0 Å². The topological polar surface area (TPSA) is 59.9 Å². The normalized spacial score (nSPS) is 13.8. The second kappa shape index (κ2) is 4.90. The van der Waals surface area contributed by atoms with Gasteiger partial charge in [-0.3, -0.25) is 0 Å². The quantitative estimate of drug-likeness (QED) is 0.759. The van der Waals surface area contributed by atoms with E-state index in [4.69, 9.17) is 11.6 Å². The summed E-state index contributed by atoms with van der Waals surface area (Å²) in [6.07, 6.45) is 1.94. The molecule has 15 heavy (non-hydrogen) atoms. The molecule has 0 saturated carbocycles. The van der Waals surface area contributed by atoms with E-state index in [1.165, 1.54) is 12.3 Å². The van der Waals surface area contributed by atoms with E-state index in [0.717, 1.165) is 5.56 Å². The summed E-state index contributed by atoms with van der Waals surface area (Å²) in [6, 6.07) is 1.52. The first-order valence-corrected chi connectivity index (χ1v) is 6.65. The van der Waals surface area contributed by atoms with Crippen molar-refractivity contribution in [2.45, 2.75) is 30.5 Å². The van der Waals surface area contributed by atoms with Crippen molar-refractivity contribution in [3.8, 4) is 0 Å². The predicted octanol–water partition coefficient (Wildman–Crippen LogP) is 1.58. The van der Waals surface area contributed by atoms with Gasteiger partial charge in [0.2, 0.25) is 0 Å². The third kappa shape index (κ3) is 2.89. The van der Waals surface area contributed by atoms with Crippen LogP contribution < -0.4 is 0 Å². The Kier molecular flexibility index (Phi) is 4.04. The van der Waals surface area contributed by atoms with E-state index in [-0.39, 0.29) is 5.03 Å². The van der Waals surface area contributed by atoms with E-state index in [0.29, 0.717) is 12.3 Å². The van der Waals surface area contributed by atoms with E-state index in [1.54, 1.807) is 13.8 Å². The molecule has 0 N–H and O–H groups in total. The number of aryl methyl sites for hydroxylation is 1. The van der Waals surface area contributed by atoms with Gasteiger partial charge in [0, 0.05) is 5.88 Å². The van der Waals surface area contributed by atoms with Crippen LogP contribution in [0, 0.1) is 6.92 Å². The van der Waals surface area contributed by atoms with Gasteiger partial charge in [0.15, 0.2) is 14.9 Å². The van der Waals surface area contributed by atoms with Crippen LogP contribution in [0.3, 0.4) is 0 Å². The maximum atomic E-state index is 11.9. The molecule has 0 aliphatic rings. The van der Waals surface area contributed by atoms with Crippen molar-refractivity contribution < 1.29 is 8.42 Å². The van der Waals surface area contributed by atoms with Crippen molar-refractivity contribution >= 4 is 21.4 Å². The molecule has 0 bridgehead atoms. The van der Waals surface area contributed by atoms with Gasteiger partial charge in [-0.25, -0.2) is 8.42 Å². The predicted molar refractivity (Wildman–Crippen MR) is 58.8 cm³/mol. The number of aromatic nitrogens is 2. The number of nitrogens with zero attached hydrogens (tertiary/aromatic N) is 2. The van der Waals surface area contributed by atoms with E-state index < -0.39 is 15.1 Å². The van der Waals surface area contributed by atoms with E-state index >= 15 is 0 Å². The average molecular weight is 249 g/mol. The van der Waals surface area contributed by atoms with Gasteiger partial charge in [0.05, 0.1) is 11.4 Å².